The van der Waals surface area contributed by atoms with Crippen molar-refractivity contribution in [3.63, 3.8) is 0 Å². The molecule has 1 aromatic carbocycles. The Balaban J connectivity index is 2.56. The van der Waals surface area contributed by atoms with E-state index in [0.29, 0.717) is 5.92 Å². The second-order valence-electron chi connectivity index (χ2n) is 4.76. The van der Waals surface area contributed by atoms with Crippen LogP contribution >= 0.6 is 8.58 Å². The molecule has 0 bridgehead atoms. The van der Waals surface area contributed by atoms with Gasteiger partial charge < -0.3 is 0 Å². The number of hydrogen-bond acceptors (Lipinski definition) is 0. The van der Waals surface area contributed by atoms with Crippen LogP contribution in [0.15, 0.2) is 24.3 Å². The Morgan fingerprint density at radius 1 is 1.07 bits per heavy atom. The Morgan fingerprint density at radius 2 is 1.67 bits per heavy atom. The van der Waals surface area contributed by atoms with Gasteiger partial charge in [0.2, 0.25) is 0 Å². The molecule has 1 heteroatoms. The molecule has 0 aliphatic heterocycles. The van der Waals surface area contributed by atoms with E-state index in [2.05, 4.69) is 51.7 Å². The highest BCUT2D eigenvalue weighted by Gasteiger charge is 2.03. The van der Waals surface area contributed by atoms with Crippen molar-refractivity contribution < 1.29 is 0 Å². The predicted octanol–water partition coefficient (Wildman–Crippen LogP) is 4.30. The first-order chi connectivity index (χ1) is 7.13. The molecule has 1 unspecified atom stereocenters. The summed E-state index contributed by atoms with van der Waals surface area (Å²) in [6.45, 7) is 9.14. The van der Waals surface area contributed by atoms with Crippen molar-refractivity contribution >= 4 is 8.58 Å². The van der Waals surface area contributed by atoms with Crippen molar-refractivity contribution in [1.82, 2.24) is 0 Å². The largest absolute Gasteiger partial charge is 0.125 e. The minimum atomic E-state index is 0.647. The molecule has 1 rings (SSSR count). The predicted molar refractivity (Wildman–Crippen MR) is 72.5 cm³/mol. The van der Waals surface area contributed by atoms with Gasteiger partial charge in [-0.05, 0) is 42.2 Å². The maximum absolute atomic E-state index is 2.35. The van der Waals surface area contributed by atoms with E-state index in [1.807, 2.05) is 0 Å². The molecule has 0 aliphatic carbocycles. The van der Waals surface area contributed by atoms with Crippen LogP contribution in [0.4, 0.5) is 0 Å². The van der Waals surface area contributed by atoms with Gasteiger partial charge in [-0.3, -0.25) is 0 Å². The fourth-order valence-electron chi connectivity index (χ4n) is 1.86. The van der Waals surface area contributed by atoms with E-state index < -0.39 is 0 Å². The van der Waals surface area contributed by atoms with Crippen LogP contribution in [0, 0.1) is 5.92 Å². The Bertz CT molecular complexity index is 274. The second-order valence-corrected chi connectivity index (χ2v) is 5.88. The fourth-order valence-corrected chi connectivity index (χ4v) is 2.70. The third kappa shape index (κ3) is 4.34. The van der Waals surface area contributed by atoms with Gasteiger partial charge >= 0.3 is 0 Å². The summed E-state index contributed by atoms with van der Waals surface area (Å²) in [4.78, 5) is 0. The van der Waals surface area contributed by atoms with Gasteiger partial charge in [0.1, 0.15) is 0 Å². The minimum Gasteiger partial charge on any atom is -0.125 e. The zero-order valence-electron chi connectivity index (χ0n) is 10.4. The summed E-state index contributed by atoms with van der Waals surface area (Å²) in [7, 11) is 1.08. The molecular formula is C14H23P. The van der Waals surface area contributed by atoms with E-state index in [0.717, 1.165) is 14.5 Å². The van der Waals surface area contributed by atoms with Crippen LogP contribution in [0.1, 0.15) is 37.8 Å². The lowest BCUT2D eigenvalue weighted by Gasteiger charge is -2.11. The van der Waals surface area contributed by atoms with E-state index in [9.17, 15) is 0 Å². The van der Waals surface area contributed by atoms with Gasteiger partial charge in [0.05, 0.1) is 0 Å². The van der Waals surface area contributed by atoms with E-state index >= 15 is 0 Å². The first-order valence-corrected chi connectivity index (χ1v) is 7.57. The van der Waals surface area contributed by atoms with Crippen molar-refractivity contribution in [2.75, 3.05) is 12.8 Å². The summed E-state index contributed by atoms with van der Waals surface area (Å²) >= 11 is 0. The second kappa shape index (κ2) is 6.28. The van der Waals surface area contributed by atoms with Crippen LogP contribution in [0.5, 0.6) is 0 Å². The van der Waals surface area contributed by atoms with Crippen molar-refractivity contribution in [3.05, 3.63) is 35.4 Å². The molecule has 0 fully saturated rings. The first kappa shape index (κ1) is 12.7. The SMILES string of the molecule is CPC[C@@H](C)Cc1ccc(C(C)C)cc1. The van der Waals surface area contributed by atoms with Crippen LogP contribution in [-0.2, 0) is 6.42 Å². The van der Waals surface area contributed by atoms with Gasteiger partial charge in [-0.1, -0.05) is 45.0 Å². The molecule has 0 saturated heterocycles. The monoisotopic (exact) mass is 222 g/mol. The maximum Gasteiger partial charge on any atom is -0.0219 e. The lowest BCUT2D eigenvalue weighted by molar-refractivity contribution is 0.656. The topological polar surface area (TPSA) is 0 Å². The summed E-state index contributed by atoms with van der Waals surface area (Å²) in [5, 5.41) is 0. The molecule has 2 atom stereocenters. The molecule has 0 nitrogen and oxygen atoms in total. The average Bonchev–Trinajstić information content (AvgIpc) is 2.18. The number of rotatable bonds is 5. The summed E-state index contributed by atoms with van der Waals surface area (Å²) in [6, 6.07) is 9.15. The highest BCUT2D eigenvalue weighted by Crippen LogP contribution is 2.18. The Morgan fingerprint density at radius 3 is 2.13 bits per heavy atom. The van der Waals surface area contributed by atoms with E-state index in [1.165, 1.54) is 23.7 Å². The molecule has 0 radical (unpaired) electrons. The van der Waals surface area contributed by atoms with Crippen molar-refractivity contribution in [1.29, 1.82) is 0 Å². The first-order valence-electron chi connectivity index (χ1n) is 5.87. The van der Waals surface area contributed by atoms with Gasteiger partial charge in [-0.2, -0.15) is 0 Å². The Kier molecular flexibility index (Phi) is 5.32. The highest BCUT2D eigenvalue weighted by molar-refractivity contribution is 7.36. The van der Waals surface area contributed by atoms with Crippen molar-refractivity contribution in [2.45, 2.75) is 33.1 Å². The molecule has 1 aromatic rings. The van der Waals surface area contributed by atoms with Crippen molar-refractivity contribution in [2.24, 2.45) is 5.92 Å². The Labute approximate surface area is 96.3 Å². The molecule has 0 amide bonds. The van der Waals surface area contributed by atoms with Crippen LogP contribution < -0.4 is 0 Å². The molecule has 0 spiro atoms. The van der Waals surface area contributed by atoms with E-state index in [4.69, 9.17) is 0 Å². The van der Waals surface area contributed by atoms with Crippen LogP contribution in [0.3, 0.4) is 0 Å². The molecule has 0 heterocycles. The van der Waals surface area contributed by atoms with Crippen LogP contribution in [-0.4, -0.2) is 12.8 Å². The van der Waals surface area contributed by atoms with Gasteiger partial charge in [0.15, 0.2) is 0 Å². The highest BCUT2D eigenvalue weighted by atomic mass is 31.1. The van der Waals surface area contributed by atoms with E-state index in [-0.39, 0.29) is 0 Å². The third-order valence-electron chi connectivity index (χ3n) is 2.78. The normalized spacial score (nSPS) is 13.9. The van der Waals surface area contributed by atoms with Crippen molar-refractivity contribution in [3.8, 4) is 0 Å². The Hall–Kier alpha value is -0.350. The van der Waals surface area contributed by atoms with Gasteiger partial charge in [0, 0.05) is 0 Å². The number of benzene rings is 1. The quantitative estimate of drug-likeness (QED) is 0.652. The number of hydrogen-bond donors (Lipinski definition) is 0. The van der Waals surface area contributed by atoms with Gasteiger partial charge in [-0.25, -0.2) is 0 Å². The summed E-state index contributed by atoms with van der Waals surface area (Å²) < 4.78 is 0. The standard InChI is InChI=1S/C14H23P/c1-11(2)14-7-5-13(6-8-14)9-12(3)10-15-4/h5-8,11-12,15H,9-10H2,1-4H3/t12-/m0/s1. The zero-order valence-corrected chi connectivity index (χ0v) is 11.4. The molecule has 84 valence electrons. The molecule has 0 N–H and O–H groups in total. The minimum absolute atomic E-state index is 0.647. The smallest absolute Gasteiger partial charge is 0.0219 e. The summed E-state index contributed by atoms with van der Waals surface area (Å²) in [5.41, 5.74) is 2.94. The molecule has 0 aromatic heterocycles. The third-order valence-corrected chi connectivity index (χ3v) is 3.89. The summed E-state index contributed by atoms with van der Waals surface area (Å²) in [5.74, 6) is 1.48. The molecule has 15 heavy (non-hydrogen) atoms. The average molecular weight is 222 g/mol. The van der Waals surface area contributed by atoms with Gasteiger partial charge in [-0.15, -0.1) is 8.58 Å². The molecule has 0 saturated carbocycles. The molecule has 0 aliphatic rings. The summed E-state index contributed by atoms with van der Waals surface area (Å²) in [6.07, 6.45) is 2.60. The fraction of sp³-hybridized carbons (Fsp3) is 0.571. The van der Waals surface area contributed by atoms with Crippen LogP contribution in [0.25, 0.3) is 0 Å². The maximum atomic E-state index is 2.35. The molecular weight excluding hydrogens is 199 g/mol. The van der Waals surface area contributed by atoms with Gasteiger partial charge in [0.25, 0.3) is 0 Å². The van der Waals surface area contributed by atoms with Crippen LogP contribution in [0.2, 0.25) is 0 Å². The van der Waals surface area contributed by atoms with E-state index in [1.54, 1.807) is 0 Å². The lowest BCUT2D eigenvalue weighted by atomic mass is 9.98. The lowest BCUT2D eigenvalue weighted by Crippen LogP contribution is -2.01. The zero-order chi connectivity index (χ0) is 11.3.